The molecule has 3 aromatic rings. The van der Waals surface area contributed by atoms with Gasteiger partial charge in [0.1, 0.15) is 5.76 Å². The van der Waals surface area contributed by atoms with Crippen LogP contribution in [-0.2, 0) is 0 Å². The maximum absolute atomic E-state index is 12.8. The van der Waals surface area contributed by atoms with E-state index in [2.05, 4.69) is 0 Å². The molecule has 0 radical (unpaired) electrons. The Morgan fingerprint density at radius 2 is 1.79 bits per heavy atom. The monoisotopic (exact) mass is 319 g/mol. The Kier molecular flexibility index (Phi) is 3.45. The molecule has 4 nitrogen and oxygen atoms in total. The molecule has 1 saturated heterocycles. The van der Waals surface area contributed by atoms with E-state index in [0.29, 0.717) is 27.9 Å². The predicted molar refractivity (Wildman–Crippen MR) is 93.2 cm³/mol. The average Bonchev–Trinajstić information content (AvgIpc) is 2.56. The molecule has 4 heteroatoms. The Morgan fingerprint density at radius 3 is 2.46 bits per heavy atom. The number of rotatable bonds is 2. The minimum Gasteiger partial charge on any atom is -0.455 e. The van der Waals surface area contributed by atoms with Crippen molar-refractivity contribution in [1.29, 1.82) is 0 Å². The smallest absolute Gasteiger partial charge is 0.257 e. The molecule has 0 unspecified atom stereocenters. The molecular weight excluding hydrogens is 302 g/mol. The van der Waals surface area contributed by atoms with Crippen molar-refractivity contribution in [2.75, 3.05) is 13.1 Å². The third kappa shape index (κ3) is 2.22. The van der Waals surface area contributed by atoms with Crippen LogP contribution in [0, 0.1) is 6.92 Å². The van der Waals surface area contributed by atoms with Crippen LogP contribution in [0.1, 0.15) is 22.3 Å². The van der Waals surface area contributed by atoms with Crippen LogP contribution in [0.2, 0.25) is 0 Å². The first-order valence-electron chi connectivity index (χ1n) is 8.08. The van der Waals surface area contributed by atoms with Gasteiger partial charge in [-0.1, -0.05) is 36.4 Å². The van der Waals surface area contributed by atoms with E-state index < -0.39 is 0 Å². The second-order valence-electron chi connectivity index (χ2n) is 6.08. The van der Waals surface area contributed by atoms with Crippen molar-refractivity contribution in [3.8, 4) is 11.3 Å². The van der Waals surface area contributed by atoms with Gasteiger partial charge in [0.25, 0.3) is 5.91 Å². The largest absolute Gasteiger partial charge is 0.455 e. The Bertz CT molecular complexity index is 985. The molecule has 0 saturated carbocycles. The molecule has 2 heterocycles. The van der Waals surface area contributed by atoms with Gasteiger partial charge in [0, 0.05) is 24.2 Å². The highest BCUT2D eigenvalue weighted by Gasteiger charge is 2.25. The van der Waals surface area contributed by atoms with Crippen LogP contribution in [0.25, 0.3) is 22.3 Å². The molecule has 0 N–H and O–H groups in total. The third-order valence-electron chi connectivity index (χ3n) is 4.55. The van der Waals surface area contributed by atoms with Crippen LogP contribution in [0.5, 0.6) is 0 Å². The minimum absolute atomic E-state index is 0.0714. The molecule has 1 aliphatic heterocycles. The maximum Gasteiger partial charge on any atom is 0.257 e. The van der Waals surface area contributed by atoms with Crippen molar-refractivity contribution in [3.05, 3.63) is 69.9 Å². The van der Waals surface area contributed by atoms with Gasteiger partial charge in [-0.2, -0.15) is 0 Å². The molecule has 0 atom stereocenters. The molecule has 0 aliphatic carbocycles. The zero-order valence-electron chi connectivity index (χ0n) is 13.4. The topological polar surface area (TPSA) is 50.5 Å². The third-order valence-corrected chi connectivity index (χ3v) is 4.55. The Morgan fingerprint density at radius 1 is 1.04 bits per heavy atom. The standard InChI is InChI=1S/C20H17NO3/c1-13-17(22)15-9-5-10-16(20(23)21-11-6-12-21)19(15)24-18(13)14-7-3-2-4-8-14/h2-5,7-10H,6,11-12H2,1H3. The fourth-order valence-electron chi connectivity index (χ4n) is 3.03. The zero-order valence-corrected chi connectivity index (χ0v) is 13.4. The first-order valence-corrected chi connectivity index (χ1v) is 8.08. The van der Waals surface area contributed by atoms with Gasteiger partial charge >= 0.3 is 0 Å². The molecule has 1 fully saturated rings. The summed E-state index contributed by atoms with van der Waals surface area (Å²) < 4.78 is 6.08. The van der Waals surface area contributed by atoms with Gasteiger partial charge in [-0.05, 0) is 25.5 Å². The van der Waals surface area contributed by atoms with Crippen LogP contribution in [0.4, 0.5) is 0 Å². The van der Waals surface area contributed by atoms with Crippen LogP contribution in [-0.4, -0.2) is 23.9 Å². The van der Waals surface area contributed by atoms with E-state index in [-0.39, 0.29) is 11.3 Å². The molecule has 4 rings (SSSR count). The highest BCUT2D eigenvalue weighted by molar-refractivity contribution is 6.05. The number of hydrogen-bond acceptors (Lipinski definition) is 3. The van der Waals surface area contributed by atoms with Gasteiger partial charge in [-0.25, -0.2) is 0 Å². The summed E-state index contributed by atoms with van der Waals surface area (Å²) in [6.45, 7) is 3.28. The van der Waals surface area contributed by atoms with Gasteiger partial charge in [0.2, 0.25) is 0 Å². The second-order valence-corrected chi connectivity index (χ2v) is 6.08. The molecule has 1 amide bonds. The summed E-state index contributed by atoms with van der Waals surface area (Å²) in [4.78, 5) is 27.2. The first-order chi connectivity index (χ1) is 11.7. The molecule has 120 valence electrons. The van der Waals surface area contributed by atoms with Gasteiger partial charge in [-0.3, -0.25) is 9.59 Å². The molecule has 2 aromatic carbocycles. The Labute approximate surface area is 139 Å². The average molecular weight is 319 g/mol. The molecular formula is C20H17NO3. The molecule has 1 aliphatic rings. The summed E-state index contributed by atoms with van der Waals surface area (Å²) in [6.07, 6.45) is 1.02. The van der Waals surface area contributed by atoms with E-state index in [4.69, 9.17) is 4.42 Å². The van der Waals surface area contributed by atoms with E-state index in [1.54, 1.807) is 30.0 Å². The Hall–Kier alpha value is -2.88. The number of fused-ring (bicyclic) bond motifs is 1. The lowest BCUT2D eigenvalue weighted by molar-refractivity contribution is 0.0652. The van der Waals surface area contributed by atoms with Crippen LogP contribution < -0.4 is 5.43 Å². The summed E-state index contributed by atoms with van der Waals surface area (Å²) in [5.74, 6) is 0.454. The van der Waals surface area contributed by atoms with Gasteiger partial charge < -0.3 is 9.32 Å². The van der Waals surface area contributed by atoms with Crippen molar-refractivity contribution in [1.82, 2.24) is 4.90 Å². The highest BCUT2D eigenvalue weighted by atomic mass is 16.3. The molecule has 1 aromatic heterocycles. The summed E-state index contributed by atoms with van der Waals surface area (Å²) in [5, 5.41) is 0.457. The molecule has 0 bridgehead atoms. The summed E-state index contributed by atoms with van der Waals surface area (Å²) in [5.41, 5.74) is 2.14. The maximum atomic E-state index is 12.8. The lowest BCUT2D eigenvalue weighted by atomic mass is 10.0. The predicted octanol–water partition coefficient (Wildman–Crippen LogP) is 3.61. The minimum atomic E-state index is -0.0895. The summed E-state index contributed by atoms with van der Waals surface area (Å²) >= 11 is 0. The van der Waals surface area contributed by atoms with Crippen molar-refractivity contribution in [2.24, 2.45) is 0 Å². The van der Waals surface area contributed by atoms with E-state index in [0.717, 1.165) is 25.1 Å². The van der Waals surface area contributed by atoms with Crippen molar-refractivity contribution in [2.45, 2.75) is 13.3 Å². The SMILES string of the molecule is Cc1c(-c2ccccc2)oc2c(C(=O)N3CCC3)cccc2c1=O. The van der Waals surface area contributed by atoms with Crippen molar-refractivity contribution in [3.63, 3.8) is 0 Å². The lowest BCUT2D eigenvalue weighted by Crippen LogP contribution is -2.42. The second kappa shape index (κ2) is 5.64. The van der Waals surface area contributed by atoms with Gasteiger partial charge in [-0.15, -0.1) is 0 Å². The van der Waals surface area contributed by atoms with Crippen LogP contribution >= 0.6 is 0 Å². The van der Waals surface area contributed by atoms with E-state index in [1.807, 2.05) is 30.3 Å². The Balaban J connectivity index is 1.98. The van der Waals surface area contributed by atoms with E-state index >= 15 is 0 Å². The highest BCUT2D eigenvalue weighted by Crippen LogP contribution is 2.28. The first kappa shape index (κ1) is 14.7. The number of para-hydroxylation sites is 1. The number of hydrogen-bond donors (Lipinski definition) is 0. The fraction of sp³-hybridized carbons (Fsp3) is 0.200. The van der Waals surface area contributed by atoms with Crippen molar-refractivity contribution >= 4 is 16.9 Å². The number of likely N-dealkylation sites (tertiary alicyclic amines) is 1. The zero-order chi connectivity index (χ0) is 16.7. The normalized spacial score (nSPS) is 13.8. The van der Waals surface area contributed by atoms with E-state index in [9.17, 15) is 9.59 Å². The van der Waals surface area contributed by atoms with Gasteiger partial charge in [0.15, 0.2) is 11.0 Å². The van der Waals surface area contributed by atoms with Crippen LogP contribution in [0.3, 0.4) is 0 Å². The number of nitrogens with zero attached hydrogens (tertiary/aromatic N) is 1. The lowest BCUT2D eigenvalue weighted by Gasteiger charge is -2.31. The summed E-state index contributed by atoms with van der Waals surface area (Å²) in [7, 11) is 0. The quantitative estimate of drug-likeness (QED) is 0.725. The van der Waals surface area contributed by atoms with E-state index in [1.165, 1.54) is 0 Å². The number of carbonyl (C=O) groups excluding carboxylic acids is 1. The molecule has 24 heavy (non-hydrogen) atoms. The summed E-state index contributed by atoms with van der Waals surface area (Å²) in [6, 6.07) is 14.7. The van der Waals surface area contributed by atoms with Gasteiger partial charge in [0.05, 0.1) is 10.9 Å². The number of benzene rings is 2. The van der Waals surface area contributed by atoms with Crippen molar-refractivity contribution < 1.29 is 9.21 Å². The number of amides is 1. The van der Waals surface area contributed by atoms with Crippen LogP contribution in [0.15, 0.2) is 57.7 Å². The molecule has 0 spiro atoms. The number of carbonyl (C=O) groups is 1. The fourth-order valence-corrected chi connectivity index (χ4v) is 3.03.